The van der Waals surface area contributed by atoms with E-state index < -0.39 is 41.6 Å². The van der Waals surface area contributed by atoms with Gasteiger partial charge >= 0.3 is 11.7 Å². The largest absolute Gasteiger partial charge is 0.392 e. The van der Waals surface area contributed by atoms with Crippen molar-refractivity contribution in [3.8, 4) is 10.4 Å². The maximum absolute atomic E-state index is 14.9. The van der Waals surface area contributed by atoms with Crippen molar-refractivity contribution in [3.05, 3.63) is 122 Å². The number of benzene rings is 3. The van der Waals surface area contributed by atoms with Gasteiger partial charge < -0.3 is 10.4 Å². The number of aromatic nitrogens is 2. The first-order valence-electron chi connectivity index (χ1n) is 14.4. The van der Waals surface area contributed by atoms with Crippen LogP contribution in [0.3, 0.4) is 0 Å². The Hall–Kier alpha value is -4.69. The van der Waals surface area contributed by atoms with Crippen LogP contribution < -0.4 is 22.0 Å². The van der Waals surface area contributed by atoms with Crippen LogP contribution in [-0.2, 0) is 31.0 Å². The van der Waals surface area contributed by atoms with E-state index in [2.05, 4.69) is 15.6 Å². The number of hydroxylamine groups is 1. The lowest BCUT2D eigenvalue weighted by Crippen LogP contribution is -2.42. The monoisotopic (exact) mass is 649 g/mol. The number of nitrogens with one attached hydrogen (secondary N) is 2. The van der Waals surface area contributed by atoms with Crippen molar-refractivity contribution < 1.29 is 23.5 Å². The minimum Gasteiger partial charge on any atom is -0.392 e. The second-order valence-corrected chi connectivity index (χ2v) is 11.9. The Morgan fingerprint density at radius 3 is 2.26 bits per heavy atom. The molecular weight excluding hydrogens is 616 g/mol. The molecule has 3 N–H and O–H groups in total. The number of fused-ring (bicyclic) bond motifs is 1. The number of rotatable bonds is 11. The number of aliphatic hydroxyl groups is 1. The molecule has 0 aliphatic heterocycles. The molecule has 240 valence electrons. The van der Waals surface area contributed by atoms with Crippen molar-refractivity contribution >= 4 is 33.3 Å². The summed E-state index contributed by atoms with van der Waals surface area (Å²) in [6, 6.07) is 19.6. The molecule has 1 atom stereocenters. The molecule has 2 heterocycles. The van der Waals surface area contributed by atoms with Crippen LogP contribution >= 0.6 is 11.3 Å². The second-order valence-electron chi connectivity index (χ2n) is 10.9. The molecule has 2 amide bonds. The van der Waals surface area contributed by atoms with Gasteiger partial charge in [0.05, 0.1) is 31.7 Å². The summed E-state index contributed by atoms with van der Waals surface area (Å²) in [5, 5.41) is 13.1. The quantitative estimate of drug-likeness (QED) is 0.175. The van der Waals surface area contributed by atoms with Crippen LogP contribution in [0.25, 0.3) is 20.7 Å². The number of thiophene rings is 1. The molecule has 5 aromatic rings. The summed E-state index contributed by atoms with van der Waals surface area (Å²) >= 11 is 1.16. The zero-order valence-electron chi connectivity index (χ0n) is 25.4. The van der Waals surface area contributed by atoms with Gasteiger partial charge in [0.15, 0.2) is 0 Å². The number of carbonyl (C=O) groups is 1. The van der Waals surface area contributed by atoms with Gasteiger partial charge in [0, 0.05) is 29.2 Å². The maximum atomic E-state index is 14.9. The van der Waals surface area contributed by atoms with E-state index in [1.54, 1.807) is 24.3 Å². The molecule has 0 radical (unpaired) electrons. The van der Waals surface area contributed by atoms with Gasteiger partial charge in [-0.25, -0.2) is 23.9 Å². The Morgan fingerprint density at radius 2 is 1.63 bits per heavy atom. The van der Waals surface area contributed by atoms with Crippen LogP contribution in [-0.4, -0.2) is 45.4 Å². The van der Waals surface area contributed by atoms with Crippen LogP contribution in [0.5, 0.6) is 0 Å². The van der Waals surface area contributed by atoms with Gasteiger partial charge in [-0.2, -0.15) is 0 Å². The third-order valence-electron chi connectivity index (χ3n) is 7.30. The van der Waals surface area contributed by atoms with Gasteiger partial charge in [0.1, 0.15) is 16.5 Å². The third kappa shape index (κ3) is 7.07. The van der Waals surface area contributed by atoms with Crippen molar-refractivity contribution in [2.75, 3.05) is 19.5 Å². The third-order valence-corrected chi connectivity index (χ3v) is 8.61. The minimum atomic E-state index is -1.04. The molecule has 0 saturated carbocycles. The Bertz CT molecular complexity index is 1950. The van der Waals surface area contributed by atoms with Crippen molar-refractivity contribution in [2.24, 2.45) is 0 Å². The molecule has 1 unspecified atom stereocenters. The molecule has 5 rings (SSSR count). The smallest absolute Gasteiger partial charge is 0.343 e. The second kappa shape index (κ2) is 14.2. The average Bonchev–Trinajstić information content (AvgIpc) is 3.38. The lowest BCUT2D eigenvalue weighted by atomic mass is 10.1. The first-order chi connectivity index (χ1) is 22.1. The standard InChI is InChI=1S/C33H33F2N5O5S/c1-20(41)16-39-30(42)28-25(18-38(2)17-21-8-5-4-6-9-21)29(22-12-14-23(15-13-22)36-32(43)37-45-3)46-31(28)40(33(39)44)19-24-26(34)10-7-11-27(24)35/h4-15,20,41H,16-19H2,1-3H3,(H2,36,37,43). The van der Waals surface area contributed by atoms with Crippen LogP contribution in [0.1, 0.15) is 23.6 Å². The highest BCUT2D eigenvalue weighted by Gasteiger charge is 2.25. The number of nitrogens with zero attached hydrogens (tertiary/aromatic N) is 3. The predicted octanol–water partition coefficient (Wildman–Crippen LogP) is 4.91. The molecule has 3 aromatic carbocycles. The van der Waals surface area contributed by atoms with Gasteiger partial charge in [-0.05, 0) is 54.9 Å². The van der Waals surface area contributed by atoms with E-state index in [0.717, 1.165) is 33.6 Å². The van der Waals surface area contributed by atoms with E-state index in [1.165, 1.54) is 24.7 Å². The molecule has 0 bridgehead atoms. The Balaban J connectivity index is 1.72. The van der Waals surface area contributed by atoms with Gasteiger partial charge in [-0.3, -0.25) is 23.7 Å². The summed E-state index contributed by atoms with van der Waals surface area (Å²) in [7, 11) is 3.22. The number of carbonyl (C=O) groups excluding carboxylic acids is 1. The summed E-state index contributed by atoms with van der Waals surface area (Å²) in [5.41, 5.74) is 3.30. The van der Waals surface area contributed by atoms with Gasteiger partial charge in [-0.15, -0.1) is 11.3 Å². The molecule has 0 saturated heterocycles. The summed E-state index contributed by atoms with van der Waals surface area (Å²) in [5.74, 6) is -1.65. The van der Waals surface area contributed by atoms with Crippen LogP contribution in [0.4, 0.5) is 19.3 Å². The molecule has 46 heavy (non-hydrogen) atoms. The fourth-order valence-electron chi connectivity index (χ4n) is 5.28. The highest BCUT2D eigenvalue weighted by Crippen LogP contribution is 2.38. The molecule has 13 heteroatoms. The molecule has 0 spiro atoms. The fraction of sp³-hybridized carbons (Fsp3) is 0.242. The zero-order chi connectivity index (χ0) is 33.0. The number of urea groups is 1. The highest BCUT2D eigenvalue weighted by atomic mass is 32.1. The Kier molecular flexibility index (Phi) is 10.1. The lowest BCUT2D eigenvalue weighted by Gasteiger charge is -2.18. The molecular formula is C33H33F2N5O5S. The SMILES string of the molecule is CONC(=O)Nc1ccc(-c2sc3c(c2CN(C)Cc2ccccc2)c(=O)n(CC(C)O)c(=O)n3Cc2c(F)cccc2F)cc1. The molecule has 0 fully saturated rings. The lowest BCUT2D eigenvalue weighted by molar-refractivity contribution is 0.114. The van der Waals surface area contributed by atoms with E-state index in [-0.39, 0.29) is 28.9 Å². The van der Waals surface area contributed by atoms with Crippen molar-refractivity contribution in [3.63, 3.8) is 0 Å². The van der Waals surface area contributed by atoms with E-state index in [4.69, 9.17) is 0 Å². The molecule has 0 aliphatic rings. The van der Waals surface area contributed by atoms with Crippen LogP contribution in [0.2, 0.25) is 0 Å². The maximum Gasteiger partial charge on any atom is 0.343 e. The molecule has 2 aromatic heterocycles. The number of hydrogen-bond acceptors (Lipinski definition) is 7. The van der Waals surface area contributed by atoms with E-state index >= 15 is 0 Å². The number of aliphatic hydroxyl groups excluding tert-OH is 1. The predicted molar refractivity (Wildman–Crippen MR) is 174 cm³/mol. The van der Waals surface area contributed by atoms with E-state index in [1.807, 2.05) is 42.3 Å². The van der Waals surface area contributed by atoms with Crippen molar-refractivity contribution in [1.82, 2.24) is 19.5 Å². The van der Waals surface area contributed by atoms with Crippen LogP contribution in [0.15, 0.2) is 82.4 Å². The van der Waals surface area contributed by atoms with Gasteiger partial charge in [-0.1, -0.05) is 48.5 Å². The first kappa shape index (κ1) is 32.7. The average molecular weight is 650 g/mol. The topological polar surface area (TPSA) is 118 Å². The first-order valence-corrected chi connectivity index (χ1v) is 15.2. The zero-order valence-corrected chi connectivity index (χ0v) is 26.2. The number of hydrogen-bond donors (Lipinski definition) is 3. The van der Waals surface area contributed by atoms with Crippen molar-refractivity contribution in [2.45, 2.75) is 39.2 Å². The summed E-state index contributed by atoms with van der Waals surface area (Å²) in [4.78, 5) is 47.4. The fourth-order valence-corrected chi connectivity index (χ4v) is 6.58. The van der Waals surface area contributed by atoms with Crippen LogP contribution in [0, 0.1) is 11.6 Å². The van der Waals surface area contributed by atoms with Gasteiger partial charge in [0.25, 0.3) is 5.56 Å². The van der Waals surface area contributed by atoms with E-state index in [9.17, 15) is 28.3 Å². The number of amides is 2. The summed E-state index contributed by atoms with van der Waals surface area (Å²) < 4.78 is 31.8. The van der Waals surface area contributed by atoms with Gasteiger partial charge in [0.2, 0.25) is 0 Å². The Labute approximate surface area is 267 Å². The minimum absolute atomic E-state index is 0.221. The number of anilines is 1. The normalized spacial score (nSPS) is 12.1. The van der Waals surface area contributed by atoms with Crippen molar-refractivity contribution in [1.29, 1.82) is 0 Å². The highest BCUT2D eigenvalue weighted by molar-refractivity contribution is 7.22. The molecule has 10 nitrogen and oxygen atoms in total. The molecule has 0 aliphatic carbocycles. The Morgan fingerprint density at radius 1 is 0.957 bits per heavy atom. The van der Waals surface area contributed by atoms with E-state index in [0.29, 0.717) is 28.2 Å². The summed E-state index contributed by atoms with van der Waals surface area (Å²) in [6.45, 7) is 1.52. The summed E-state index contributed by atoms with van der Waals surface area (Å²) in [6.07, 6.45) is -1.04. The number of halogens is 2.